The molecular formula is C14H16N2O3. The number of phenolic OH excluding ortho intramolecular Hbond substituents is 2. The Labute approximate surface area is 110 Å². The van der Waals surface area contributed by atoms with E-state index in [1.54, 1.807) is 0 Å². The Kier molecular flexibility index (Phi) is 2.81. The predicted molar refractivity (Wildman–Crippen MR) is 72.8 cm³/mol. The van der Waals surface area contributed by atoms with Crippen LogP contribution >= 0.6 is 0 Å². The lowest BCUT2D eigenvalue weighted by Crippen LogP contribution is -2.28. The van der Waals surface area contributed by atoms with Gasteiger partial charge in [0.25, 0.3) is 0 Å². The zero-order valence-electron chi connectivity index (χ0n) is 10.8. The van der Waals surface area contributed by atoms with E-state index in [1.165, 1.54) is 12.1 Å². The predicted octanol–water partition coefficient (Wildman–Crippen LogP) is 2.32. The van der Waals surface area contributed by atoms with Crippen LogP contribution in [-0.2, 0) is 0 Å². The van der Waals surface area contributed by atoms with Crippen LogP contribution in [0.5, 0.6) is 11.5 Å². The second-order valence-electron chi connectivity index (χ2n) is 4.68. The summed E-state index contributed by atoms with van der Waals surface area (Å²) < 4.78 is 5.72. The molecule has 0 fully saturated rings. The van der Waals surface area contributed by atoms with Gasteiger partial charge in [-0.25, -0.2) is 0 Å². The van der Waals surface area contributed by atoms with Crippen molar-refractivity contribution in [2.45, 2.75) is 13.3 Å². The summed E-state index contributed by atoms with van der Waals surface area (Å²) in [5, 5.41) is 19.7. The van der Waals surface area contributed by atoms with Gasteiger partial charge in [0.05, 0.1) is 6.54 Å². The average Bonchev–Trinajstić information content (AvgIpc) is 2.96. The number of aliphatic imine (C=N–C) groups is 1. The van der Waals surface area contributed by atoms with Crippen molar-refractivity contribution in [1.29, 1.82) is 0 Å². The van der Waals surface area contributed by atoms with Gasteiger partial charge in [-0.05, 0) is 18.6 Å². The highest BCUT2D eigenvalue weighted by atomic mass is 16.3. The lowest BCUT2D eigenvalue weighted by atomic mass is 10.2. The summed E-state index contributed by atoms with van der Waals surface area (Å²) >= 11 is 0. The summed E-state index contributed by atoms with van der Waals surface area (Å²) in [5.74, 6) is 1.23. The number of amidine groups is 1. The molecule has 1 aliphatic rings. The molecule has 0 radical (unpaired) electrons. The van der Waals surface area contributed by atoms with Gasteiger partial charge in [0.1, 0.15) is 5.58 Å². The van der Waals surface area contributed by atoms with Crippen LogP contribution in [0.2, 0.25) is 0 Å². The molecule has 1 aromatic carbocycles. The summed E-state index contributed by atoms with van der Waals surface area (Å²) in [4.78, 5) is 6.66. The zero-order valence-corrected chi connectivity index (χ0v) is 10.8. The van der Waals surface area contributed by atoms with Crippen molar-refractivity contribution in [1.82, 2.24) is 4.90 Å². The third kappa shape index (κ3) is 2.01. The maximum absolute atomic E-state index is 9.50. The van der Waals surface area contributed by atoms with Gasteiger partial charge < -0.3 is 19.5 Å². The van der Waals surface area contributed by atoms with Crippen LogP contribution in [-0.4, -0.2) is 40.6 Å². The molecule has 3 rings (SSSR count). The highest BCUT2D eigenvalue weighted by Crippen LogP contribution is 2.32. The van der Waals surface area contributed by atoms with E-state index < -0.39 is 0 Å². The number of hydrogen-bond acceptors (Lipinski definition) is 5. The van der Waals surface area contributed by atoms with Crippen LogP contribution in [0, 0.1) is 0 Å². The van der Waals surface area contributed by atoms with Crippen molar-refractivity contribution in [3.63, 3.8) is 0 Å². The molecule has 0 atom stereocenters. The van der Waals surface area contributed by atoms with Crippen molar-refractivity contribution in [2.24, 2.45) is 4.99 Å². The fourth-order valence-corrected chi connectivity index (χ4v) is 2.38. The highest BCUT2D eigenvalue weighted by molar-refractivity contribution is 6.01. The molecule has 2 aromatic rings. The average molecular weight is 260 g/mol. The molecule has 5 heteroatoms. The second kappa shape index (κ2) is 4.50. The summed E-state index contributed by atoms with van der Waals surface area (Å²) in [7, 11) is 0. The van der Waals surface area contributed by atoms with Crippen LogP contribution < -0.4 is 0 Å². The van der Waals surface area contributed by atoms with Crippen molar-refractivity contribution in [2.75, 3.05) is 19.6 Å². The van der Waals surface area contributed by atoms with Crippen LogP contribution in [0.4, 0.5) is 0 Å². The minimum absolute atomic E-state index is 0.140. The molecular weight excluding hydrogens is 244 g/mol. The summed E-state index contributed by atoms with van der Waals surface area (Å²) in [5.41, 5.74) is 0.552. The van der Waals surface area contributed by atoms with Gasteiger partial charge in [-0.3, -0.25) is 4.99 Å². The number of benzene rings is 1. The summed E-state index contributed by atoms with van der Waals surface area (Å²) in [6.45, 7) is 4.77. The van der Waals surface area contributed by atoms with Gasteiger partial charge in [-0.2, -0.15) is 0 Å². The Bertz CT molecular complexity index is 606. The zero-order chi connectivity index (χ0) is 13.4. The van der Waals surface area contributed by atoms with Gasteiger partial charge in [0.15, 0.2) is 23.1 Å². The number of aromatic hydroxyl groups is 2. The van der Waals surface area contributed by atoms with Crippen LogP contribution in [0.1, 0.15) is 19.1 Å². The van der Waals surface area contributed by atoms with Crippen LogP contribution in [0.3, 0.4) is 0 Å². The SMILES string of the molecule is CCCN1CCN=C1c1cc2cc(O)c(O)cc2o1. The first kappa shape index (κ1) is 11.9. The minimum atomic E-state index is -0.174. The molecule has 19 heavy (non-hydrogen) atoms. The molecule has 2 N–H and O–H groups in total. The number of furan rings is 1. The molecule has 0 bridgehead atoms. The number of rotatable bonds is 3. The maximum Gasteiger partial charge on any atom is 0.170 e. The van der Waals surface area contributed by atoms with E-state index in [-0.39, 0.29) is 11.5 Å². The summed E-state index contributed by atoms with van der Waals surface area (Å²) in [6.07, 6.45) is 1.06. The standard InChI is InChI=1S/C14H16N2O3/c1-2-4-16-5-3-15-14(16)13-7-9-6-10(17)11(18)8-12(9)19-13/h6-8,17-18H,2-5H2,1H3. The lowest BCUT2D eigenvalue weighted by molar-refractivity contribution is 0.404. The van der Waals surface area contributed by atoms with Gasteiger partial charge in [-0.1, -0.05) is 6.92 Å². The fourth-order valence-electron chi connectivity index (χ4n) is 2.38. The molecule has 100 valence electrons. The minimum Gasteiger partial charge on any atom is -0.504 e. The smallest absolute Gasteiger partial charge is 0.170 e. The Morgan fingerprint density at radius 2 is 2.05 bits per heavy atom. The fraction of sp³-hybridized carbons (Fsp3) is 0.357. The second-order valence-corrected chi connectivity index (χ2v) is 4.68. The quantitative estimate of drug-likeness (QED) is 0.831. The maximum atomic E-state index is 9.50. The summed E-state index contributed by atoms with van der Waals surface area (Å²) in [6, 6.07) is 4.77. The monoisotopic (exact) mass is 260 g/mol. The van der Waals surface area contributed by atoms with Crippen molar-refractivity contribution in [3.05, 3.63) is 24.0 Å². The third-order valence-corrected chi connectivity index (χ3v) is 3.26. The van der Waals surface area contributed by atoms with Crippen molar-refractivity contribution < 1.29 is 14.6 Å². The first-order valence-corrected chi connectivity index (χ1v) is 6.44. The number of fused-ring (bicyclic) bond motifs is 1. The van der Waals surface area contributed by atoms with Gasteiger partial charge in [-0.15, -0.1) is 0 Å². The highest BCUT2D eigenvalue weighted by Gasteiger charge is 2.21. The molecule has 1 aromatic heterocycles. The van der Waals surface area contributed by atoms with E-state index in [9.17, 15) is 10.2 Å². The van der Waals surface area contributed by atoms with Crippen molar-refractivity contribution in [3.8, 4) is 11.5 Å². The lowest BCUT2D eigenvalue weighted by Gasteiger charge is -2.17. The normalized spacial score (nSPS) is 15.2. The topological polar surface area (TPSA) is 69.2 Å². The van der Waals surface area contributed by atoms with E-state index >= 15 is 0 Å². The molecule has 1 aliphatic heterocycles. The number of nitrogens with zero attached hydrogens (tertiary/aromatic N) is 2. The van der Waals surface area contributed by atoms with E-state index in [0.717, 1.165) is 37.3 Å². The Morgan fingerprint density at radius 1 is 1.26 bits per heavy atom. The number of hydrogen-bond donors (Lipinski definition) is 2. The van der Waals surface area contributed by atoms with Crippen molar-refractivity contribution >= 4 is 16.8 Å². The molecule has 0 saturated carbocycles. The van der Waals surface area contributed by atoms with E-state index in [0.29, 0.717) is 11.3 Å². The Hall–Kier alpha value is -2.17. The molecule has 5 nitrogen and oxygen atoms in total. The largest absolute Gasteiger partial charge is 0.504 e. The number of phenols is 2. The Balaban J connectivity index is 2.01. The van der Waals surface area contributed by atoms with Gasteiger partial charge >= 0.3 is 0 Å². The molecule has 0 aliphatic carbocycles. The first-order valence-electron chi connectivity index (χ1n) is 6.44. The molecule has 2 heterocycles. The molecule has 0 unspecified atom stereocenters. The van der Waals surface area contributed by atoms with Crippen LogP contribution in [0.25, 0.3) is 11.0 Å². The van der Waals surface area contributed by atoms with E-state index in [2.05, 4.69) is 16.8 Å². The van der Waals surface area contributed by atoms with Gasteiger partial charge in [0.2, 0.25) is 0 Å². The van der Waals surface area contributed by atoms with E-state index in [4.69, 9.17) is 4.42 Å². The molecule has 0 saturated heterocycles. The Morgan fingerprint density at radius 3 is 2.84 bits per heavy atom. The molecule has 0 amide bonds. The van der Waals surface area contributed by atoms with Gasteiger partial charge in [0, 0.05) is 24.5 Å². The molecule has 0 spiro atoms. The van der Waals surface area contributed by atoms with E-state index in [1.807, 2.05) is 6.07 Å². The van der Waals surface area contributed by atoms with Crippen LogP contribution in [0.15, 0.2) is 27.6 Å². The third-order valence-electron chi connectivity index (χ3n) is 3.26. The first-order chi connectivity index (χ1) is 9.19.